The van der Waals surface area contributed by atoms with Crippen molar-refractivity contribution in [1.82, 2.24) is 4.90 Å². The van der Waals surface area contributed by atoms with Gasteiger partial charge in [-0.1, -0.05) is 0 Å². The van der Waals surface area contributed by atoms with Crippen LogP contribution in [0.5, 0.6) is 0 Å². The van der Waals surface area contributed by atoms with Crippen LogP contribution in [0.25, 0.3) is 0 Å². The summed E-state index contributed by atoms with van der Waals surface area (Å²) in [6.07, 6.45) is 5.73. The first-order valence-electron chi connectivity index (χ1n) is 7.12. The van der Waals surface area contributed by atoms with E-state index in [-0.39, 0.29) is 11.3 Å². The van der Waals surface area contributed by atoms with Crippen LogP contribution < -0.4 is 4.90 Å². The second-order valence-electron chi connectivity index (χ2n) is 5.33. The molecular weight excluding hydrogens is 260 g/mol. The highest BCUT2D eigenvalue weighted by atomic mass is 32.2. The molecule has 4 nitrogen and oxygen atoms in total. The minimum absolute atomic E-state index is 0.0895. The molecule has 1 N–H and O–H groups in total. The molecule has 2 aliphatic rings. The van der Waals surface area contributed by atoms with Crippen LogP contribution in [0.15, 0.2) is 22.8 Å². The van der Waals surface area contributed by atoms with Crippen LogP contribution in [-0.2, 0) is 4.79 Å². The Morgan fingerprint density at radius 3 is 2.95 bits per heavy atom. The summed E-state index contributed by atoms with van der Waals surface area (Å²) < 4.78 is 5.47. The van der Waals surface area contributed by atoms with Crippen LogP contribution in [0.3, 0.4) is 0 Å². The van der Waals surface area contributed by atoms with Gasteiger partial charge in [0.1, 0.15) is 11.1 Å². The molecule has 19 heavy (non-hydrogen) atoms. The molecule has 0 aromatic carbocycles. The summed E-state index contributed by atoms with van der Waals surface area (Å²) in [4.78, 5) is 15.6. The number of thioether (sulfide) groups is 1. The third-order valence-corrected chi connectivity index (χ3v) is 5.24. The number of piperidine rings is 1. The van der Waals surface area contributed by atoms with Crippen molar-refractivity contribution in [1.29, 1.82) is 0 Å². The van der Waals surface area contributed by atoms with Crippen molar-refractivity contribution < 1.29 is 14.1 Å². The van der Waals surface area contributed by atoms with Crippen LogP contribution in [0.1, 0.15) is 30.4 Å². The summed E-state index contributed by atoms with van der Waals surface area (Å²) in [7, 11) is 0. The maximum atomic E-state index is 12.0. The minimum Gasteiger partial charge on any atom is -0.466 e. The lowest BCUT2D eigenvalue weighted by Crippen LogP contribution is -3.13. The lowest BCUT2D eigenvalue weighted by Gasteiger charge is -2.27. The first-order valence-corrected chi connectivity index (χ1v) is 8.17. The molecule has 3 heterocycles. The van der Waals surface area contributed by atoms with Crippen molar-refractivity contribution >= 4 is 17.7 Å². The van der Waals surface area contributed by atoms with Gasteiger partial charge in [0.15, 0.2) is 0 Å². The summed E-state index contributed by atoms with van der Waals surface area (Å²) in [5.41, 5.74) is 0. The highest BCUT2D eigenvalue weighted by Gasteiger charge is 2.35. The molecular formula is C14H21N2O2S+. The molecule has 0 bridgehead atoms. The molecule has 3 rings (SSSR count). The van der Waals surface area contributed by atoms with E-state index < -0.39 is 0 Å². The number of furan rings is 1. The van der Waals surface area contributed by atoms with Crippen molar-refractivity contribution in [3.05, 3.63) is 24.2 Å². The van der Waals surface area contributed by atoms with Gasteiger partial charge in [-0.05, 0) is 31.4 Å². The topological polar surface area (TPSA) is 37.9 Å². The van der Waals surface area contributed by atoms with Crippen molar-refractivity contribution in [3.63, 3.8) is 0 Å². The maximum absolute atomic E-state index is 12.0. The van der Waals surface area contributed by atoms with Crippen molar-refractivity contribution in [2.75, 3.05) is 31.9 Å². The van der Waals surface area contributed by atoms with Crippen LogP contribution in [0.2, 0.25) is 0 Å². The van der Waals surface area contributed by atoms with Gasteiger partial charge in [-0.25, -0.2) is 0 Å². The van der Waals surface area contributed by atoms with Crippen LogP contribution in [0.4, 0.5) is 0 Å². The van der Waals surface area contributed by atoms with Gasteiger partial charge in [0.05, 0.1) is 38.2 Å². The van der Waals surface area contributed by atoms with Gasteiger partial charge in [0.25, 0.3) is 0 Å². The molecule has 1 amide bonds. The van der Waals surface area contributed by atoms with Gasteiger partial charge in [-0.2, -0.15) is 0 Å². The van der Waals surface area contributed by atoms with E-state index in [1.807, 2.05) is 17.0 Å². The number of nitrogens with one attached hydrogen (secondary N) is 1. The van der Waals surface area contributed by atoms with E-state index in [0.29, 0.717) is 5.75 Å². The van der Waals surface area contributed by atoms with E-state index in [1.54, 1.807) is 22.9 Å². The van der Waals surface area contributed by atoms with Gasteiger partial charge >= 0.3 is 0 Å². The summed E-state index contributed by atoms with van der Waals surface area (Å²) >= 11 is 1.68. The molecule has 0 aliphatic carbocycles. The molecule has 2 saturated heterocycles. The SMILES string of the molecule is O=C1CS[C@H](c2ccco2)N1CC[NH+]1CCCCC1. The van der Waals surface area contributed by atoms with Crippen LogP contribution in [-0.4, -0.2) is 42.7 Å². The smallest absolute Gasteiger partial charge is 0.234 e. The van der Waals surface area contributed by atoms with Gasteiger partial charge in [-0.15, -0.1) is 11.8 Å². The average molecular weight is 281 g/mol. The van der Waals surface area contributed by atoms with Gasteiger partial charge < -0.3 is 14.2 Å². The quantitative estimate of drug-likeness (QED) is 0.892. The maximum Gasteiger partial charge on any atom is 0.234 e. The lowest BCUT2D eigenvalue weighted by atomic mass is 10.1. The third kappa shape index (κ3) is 2.98. The molecule has 0 radical (unpaired) electrons. The zero-order valence-corrected chi connectivity index (χ0v) is 12.0. The van der Waals surface area contributed by atoms with Gasteiger partial charge in [0.2, 0.25) is 5.91 Å². The van der Waals surface area contributed by atoms with Gasteiger partial charge in [-0.3, -0.25) is 4.79 Å². The van der Waals surface area contributed by atoms with E-state index in [0.717, 1.165) is 18.8 Å². The van der Waals surface area contributed by atoms with E-state index in [9.17, 15) is 4.79 Å². The number of amides is 1. The molecule has 2 aliphatic heterocycles. The lowest BCUT2D eigenvalue weighted by molar-refractivity contribution is -0.904. The Labute approximate surface area is 118 Å². The van der Waals surface area contributed by atoms with Gasteiger partial charge in [0, 0.05) is 0 Å². The standard InChI is InChI=1S/C14H20N2O2S/c17-13-11-19-14(12-5-4-10-18-12)16(13)9-8-15-6-2-1-3-7-15/h4-5,10,14H,1-3,6-9,11H2/p+1/t14-/m1/s1. The predicted octanol–water partition coefficient (Wildman–Crippen LogP) is 0.922. The highest BCUT2D eigenvalue weighted by Crippen LogP contribution is 2.38. The number of likely N-dealkylation sites (tertiary alicyclic amines) is 1. The molecule has 0 unspecified atom stereocenters. The number of quaternary nitrogens is 1. The molecule has 0 saturated carbocycles. The molecule has 5 heteroatoms. The van der Waals surface area contributed by atoms with Crippen LogP contribution >= 0.6 is 11.8 Å². The summed E-state index contributed by atoms with van der Waals surface area (Å²) in [5, 5.41) is 0.0895. The Balaban J connectivity index is 1.59. The molecule has 2 fully saturated rings. The van der Waals surface area contributed by atoms with E-state index in [4.69, 9.17) is 4.42 Å². The van der Waals surface area contributed by atoms with E-state index in [1.165, 1.54) is 32.4 Å². The predicted molar refractivity (Wildman–Crippen MR) is 75.0 cm³/mol. The summed E-state index contributed by atoms with van der Waals surface area (Å²) in [6, 6.07) is 3.86. The Hall–Kier alpha value is -0.940. The van der Waals surface area contributed by atoms with Crippen molar-refractivity contribution in [2.24, 2.45) is 0 Å². The first-order chi connectivity index (χ1) is 9.34. The number of hydrogen-bond acceptors (Lipinski definition) is 3. The minimum atomic E-state index is 0.0895. The molecule has 0 spiro atoms. The van der Waals surface area contributed by atoms with E-state index >= 15 is 0 Å². The fraction of sp³-hybridized carbons (Fsp3) is 0.643. The number of hydrogen-bond donors (Lipinski definition) is 1. The second kappa shape index (κ2) is 6.01. The largest absolute Gasteiger partial charge is 0.466 e. The first kappa shape index (κ1) is 13.1. The normalized spacial score (nSPS) is 25.2. The summed E-state index contributed by atoms with van der Waals surface area (Å²) in [5.74, 6) is 1.74. The monoisotopic (exact) mass is 281 g/mol. The Bertz CT molecular complexity index is 415. The van der Waals surface area contributed by atoms with E-state index in [2.05, 4.69) is 0 Å². The number of rotatable bonds is 4. The Morgan fingerprint density at radius 1 is 1.37 bits per heavy atom. The number of nitrogens with zero attached hydrogens (tertiary/aromatic N) is 1. The number of carbonyl (C=O) groups excluding carboxylic acids is 1. The van der Waals surface area contributed by atoms with Crippen molar-refractivity contribution in [3.8, 4) is 0 Å². The molecule has 104 valence electrons. The Morgan fingerprint density at radius 2 is 2.21 bits per heavy atom. The zero-order valence-electron chi connectivity index (χ0n) is 11.1. The zero-order chi connectivity index (χ0) is 13.1. The molecule has 1 atom stereocenters. The molecule has 1 aromatic rings. The summed E-state index contributed by atoms with van der Waals surface area (Å²) in [6.45, 7) is 4.46. The third-order valence-electron chi connectivity index (χ3n) is 4.02. The Kier molecular flexibility index (Phi) is 4.13. The molecule has 1 aromatic heterocycles. The highest BCUT2D eigenvalue weighted by molar-refractivity contribution is 8.00. The van der Waals surface area contributed by atoms with Crippen LogP contribution in [0, 0.1) is 0 Å². The fourth-order valence-corrected chi connectivity index (χ4v) is 4.11. The van der Waals surface area contributed by atoms with Crippen molar-refractivity contribution in [2.45, 2.75) is 24.6 Å². The second-order valence-corrected chi connectivity index (χ2v) is 6.40. The number of carbonyl (C=O) groups is 1. The average Bonchev–Trinajstić information content (AvgIpc) is 3.07. The fourth-order valence-electron chi connectivity index (χ4n) is 2.94.